The summed E-state index contributed by atoms with van der Waals surface area (Å²) in [6.07, 6.45) is 0. The molecule has 6 heteroatoms. The minimum atomic E-state index is -3.57. The van der Waals surface area contributed by atoms with Gasteiger partial charge in [0.15, 0.2) is 0 Å². The molecule has 1 aromatic rings. The lowest BCUT2D eigenvalue weighted by molar-refractivity contribution is 0.493. The first-order valence-electron chi connectivity index (χ1n) is 5.98. The summed E-state index contributed by atoms with van der Waals surface area (Å²) in [6, 6.07) is 4.99. The molecule has 0 unspecified atom stereocenters. The SMILES string of the molecule is Cc1ccc(S(=O)(=O)NCC(C)(C)C(=N)N)cc1C. The van der Waals surface area contributed by atoms with Crippen molar-refractivity contribution in [2.24, 2.45) is 11.1 Å². The quantitative estimate of drug-likeness (QED) is 0.565. The van der Waals surface area contributed by atoms with Gasteiger partial charge in [0, 0.05) is 12.0 Å². The van der Waals surface area contributed by atoms with E-state index in [9.17, 15) is 8.42 Å². The van der Waals surface area contributed by atoms with Crippen LogP contribution in [-0.4, -0.2) is 20.8 Å². The van der Waals surface area contributed by atoms with E-state index < -0.39 is 15.4 Å². The van der Waals surface area contributed by atoms with Crippen LogP contribution in [0.25, 0.3) is 0 Å². The van der Waals surface area contributed by atoms with E-state index in [-0.39, 0.29) is 17.3 Å². The Morgan fingerprint density at radius 2 is 1.89 bits per heavy atom. The van der Waals surface area contributed by atoms with Crippen LogP contribution in [0.15, 0.2) is 23.1 Å². The Hall–Kier alpha value is -1.40. The topological polar surface area (TPSA) is 96.0 Å². The zero-order chi connectivity index (χ0) is 14.8. The summed E-state index contributed by atoms with van der Waals surface area (Å²) >= 11 is 0. The zero-order valence-electron chi connectivity index (χ0n) is 11.7. The predicted molar refractivity (Wildman–Crippen MR) is 76.8 cm³/mol. The number of nitrogens with two attached hydrogens (primary N) is 1. The first-order valence-corrected chi connectivity index (χ1v) is 7.46. The molecule has 0 aliphatic heterocycles. The number of nitrogens with one attached hydrogen (secondary N) is 2. The normalized spacial score (nSPS) is 12.4. The molecule has 1 rings (SSSR count). The van der Waals surface area contributed by atoms with Crippen molar-refractivity contribution in [3.63, 3.8) is 0 Å². The van der Waals surface area contributed by atoms with Gasteiger partial charge in [-0.3, -0.25) is 5.41 Å². The average molecular weight is 283 g/mol. The molecule has 0 atom stereocenters. The monoisotopic (exact) mass is 283 g/mol. The van der Waals surface area contributed by atoms with Crippen LogP contribution in [0.2, 0.25) is 0 Å². The van der Waals surface area contributed by atoms with Crippen molar-refractivity contribution < 1.29 is 8.42 Å². The molecule has 0 amide bonds. The third-order valence-electron chi connectivity index (χ3n) is 3.22. The van der Waals surface area contributed by atoms with Gasteiger partial charge in [0.25, 0.3) is 0 Å². The van der Waals surface area contributed by atoms with Gasteiger partial charge in [0.05, 0.1) is 10.7 Å². The van der Waals surface area contributed by atoms with E-state index in [1.165, 1.54) is 0 Å². The molecule has 0 aliphatic carbocycles. The van der Waals surface area contributed by atoms with Crippen LogP contribution in [0.1, 0.15) is 25.0 Å². The maximum absolute atomic E-state index is 12.1. The Morgan fingerprint density at radius 1 is 1.32 bits per heavy atom. The summed E-state index contributed by atoms with van der Waals surface area (Å²) in [4.78, 5) is 0.231. The van der Waals surface area contributed by atoms with E-state index in [2.05, 4.69) is 4.72 Å². The second kappa shape index (κ2) is 5.30. The molecular formula is C13H21N3O2S. The van der Waals surface area contributed by atoms with Gasteiger partial charge in [-0.25, -0.2) is 13.1 Å². The van der Waals surface area contributed by atoms with Crippen molar-refractivity contribution in [2.45, 2.75) is 32.6 Å². The van der Waals surface area contributed by atoms with Crippen LogP contribution < -0.4 is 10.5 Å². The molecule has 4 N–H and O–H groups in total. The van der Waals surface area contributed by atoms with Crippen LogP contribution >= 0.6 is 0 Å². The highest BCUT2D eigenvalue weighted by atomic mass is 32.2. The Bertz CT molecular complexity index is 592. The van der Waals surface area contributed by atoms with E-state index in [4.69, 9.17) is 11.1 Å². The van der Waals surface area contributed by atoms with E-state index in [0.717, 1.165) is 11.1 Å². The van der Waals surface area contributed by atoms with Crippen molar-refractivity contribution >= 4 is 15.9 Å². The molecule has 0 saturated carbocycles. The van der Waals surface area contributed by atoms with Gasteiger partial charge >= 0.3 is 0 Å². The summed E-state index contributed by atoms with van der Waals surface area (Å²) in [5.41, 5.74) is 6.70. The maximum atomic E-state index is 12.1. The molecule has 106 valence electrons. The van der Waals surface area contributed by atoms with Gasteiger partial charge in [0.2, 0.25) is 10.0 Å². The van der Waals surface area contributed by atoms with Gasteiger partial charge in [0.1, 0.15) is 0 Å². The van der Waals surface area contributed by atoms with E-state index in [1.54, 1.807) is 32.0 Å². The predicted octanol–water partition coefficient (Wildman–Crippen LogP) is 1.54. The summed E-state index contributed by atoms with van der Waals surface area (Å²) < 4.78 is 26.8. The number of hydrogen-bond donors (Lipinski definition) is 3. The number of aryl methyl sites for hydroxylation is 2. The molecule has 0 spiro atoms. The van der Waals surface area contributed by atoms with Crippen molar-refractivity contribution in [1.82, 2.24) is 4.72 Å². The molecule has 0 aliphatic rings. The molecule has 0 radical (unpaired) electrons. The Kier molecular flexibility index (Phi) is 4.37. The van der Waals surface area contributed by atoms with E-state index in [0.29, 0.717) is 0 Å². The average Bonchev–Trinajstić information content (AvgIpc) is 2.30. The summed E-state index contributed by atoms with van der Waals surface area (Å²) in [7, 11) is -3.57. The third kappa shape index (κ3) is 3.78. The van der Waals surface area contributed by atoms with Crippen LogP contribution in [0.5, 0.6) is 0 Å². The minimum absolute atomic E-state index is 0.0460. The number of benzene rings is 1. The highest BCUT2D eigenvalue weighted by Gasteiger charge is 2.25. The molecule has 0 bridgehead atoms. The summed E-state index contributed by atoms with van der Waals surface area (Å²) in [5, 5.41) is 7.41. The number of sulfonamides is 1. The Labute approximate surface area is 114 Å². The second-order valence-electron chi connectivity index (χ2n) is 5.37. The lowest BCUT2D eigenvalue weighted by Crippen LogP contribution is -2.42. The number of hydrogen-bond acceptors (Lipinski definition) is 3. The molecular weight excluding hydrogens is 262 g/mol. The molecule has 0 saturated heterocycles. The summed E-state index contributed by atoms with van der Waals surface area (Å²) in [6.45, 7) is 7.33. The highest BCUT2D eigenvalue weighted by molar-refractivity contribution is 7.89. The number of amidine groups is 1. The Balaban J connectivity index is 2.93. The molecule has 0 heterocycles. The van der Waals surface area contributed by atoms with Gasteiger partial charge in [-0.2, -0.15) is 0 Å². The standard InChI is InChI=1S/C13H21N3O2S/c1-9-5-6-11(7-10(9)2)19(17,18)16-8-13(3,4)12(14)15/h5-7,16H,8H2,1-4H3,(H3,14,15). The second-order valence-corrected chi connectivity index (χ2v) is 7.14. The highest BCUT2D eigenvalue weighted by Crippen LogP contribution is 2.17. The lowest BCUT2D eigenvalue weighted by atomic mass is 9.93. The molecule has 1 aromatic carbocycles. The fourth-order valence-corrected chi connectivity index (χ4v) is 2.63. The molecule has 19 heavy (non-hydrogen) atoms. The maximum Gasteiger partial charge on any atom is 0.240 e. The van der Waals surface area contributed by atoms with Crippen LogP contribution in [0.3, 0.4) is 0 Å². The van der Waals surface area contributed by atoms with Crippen molar-refractivity contribution in [2.75, 3.05) is 6.54 Å². The molecule has 0 fully saturated rings. The van der Waals surface area contributed by atoms with E-state index in [1.807, 2.05) is 13.8 Å². The summed E-state index contributed by atoms with van der Waals surface area (Å²) in [5.74, 6) is -0.0460. The fraction of sp³-hybridized carbons (Fsp3) is 0.462. The van der Waals surface area contributed by atoms with E-state index >= 15 is 0 Å². The largest absolute Gasteiger partial charge is 0.387 e. The van der Waals surface area contributed by atoms with Crippen molar-refractivity contribution in [3.8, 4) is 0 Å². The molecule has 5 nitrogen and oxygen atoms in total. The van der Waals surface area contributed by atoms with Crippen LogP contribution in [0, 0.1) is 24.7 Å². The minimum Gasteiger partial charge on any atom is -0.387 e. The zero-order valence-corrected chi connectivity index (χ0v) is 12.6. The van der Waals surface area contributed by atoms with Gasteiger partial charge in [-0.15, -0.1) is 0 Å². The fourth-order valence-electron chi connectivity index (χ4n) is 1.34. The van der Waals surface area contributed by atoms with Crippen molar-refractivity contribution in [3.05, 3.63) is 29.3 Å². The van der Waals surface area contributed by atoms with Gasteiger partial charge < -0.3 is 5.73 Å². The van der Waals surface area contributed by atoms with Gasteiger partial charge in [-0.1, -0.05) is 19.9 Å². The number of rotatable bonds is 5. The smallest absolute Gasteiger partial charge is 0.240 e. The first kappa shape index (κ1) is 15.7. The first-order chi connectivity index (χ1) is 8.56. The Morgan fingerprint density at radius 3 is 2.37 bits per heavy atom. The lowest BCUT2D eigenvalue weighted by Gasteiger charge is -2.23. The van der Waals surface area contributed by atoms with Crippen LogP contribution in [-0.2, 0) is 10.0 Å². The van der Waals surface area contributed by atoms with Gasteiger partial charge in [-0.05, 0) is 37.1 Å². The third-order valence-corrected chi connectivity index (χ3v) is 4.62. The molecule has 0 aromatic heterocycles. The van der Waals surface area contributed by atoms with Crippen molar-refractivity contribution in [1.29, 1.82) is 5.41 Å². The van der Waals surface area contributed by atoms with Crippen LogP contribution in [0.4, 0.5) is 0 Å².